The van der Waals surface area contributed by atoms with Crippen LogP contribution < -0.4 is 0 Å². The van der Waals surface area contributed by atoms with Gasteiger partial charge < -0.3 is 8.83 Å². The van der Waals surface area contributed by atoms with Crippen LogP contribution in [0.15, 0.2) is 87.8 Å². The third-order valence-electron chi connectivity index (χ3n) is 6.70. The van der Waals surface area contributed by atoms with E-state index in [2.05, 4.69) is 56.3 Å². The second-order valence-electron chi connectivity index (χ2n) is 8.82. The second kappa shape index (κ2) is 5.64. The fraction of sp³-hybridized carbons (Fsp3) is 0.107. The highest BCUT2D eigenvalue weighted by Crippen LogP contribution is 2.55. The molecule has 0 bridgehead atoms. The topological polar surface area (TPSA) is 39.2 Å². The van der Waals surface area contributed by atoms with Crippen LogP contribution in [0.1, 0.15) is 25.0 Å². The van der Waals surface area contributed by atoms with E-state index in [1.165, 1.54) is 16.5 Å². The lowest BCUT2D eigenvalue weighted by atomic mass is 9.78. The molecule has 1 aliphatic rings. The first-order chi connectivity index (χ1) is 15.1. The van der Waals surface area contributed by atoms with Crippen molar-refractivity contribution < 1.29 is 8.83 Å². The van der Waals surface area contributed by atoms with Gasteiger partial charge in [-0.25, -0.2) is 0 Å². The molecule has 148 valence electrons. The van der Waals surface area contributed by atoms with E-state index >= 15 is 0 Å². The van der Waals surface area contributed by atoms with Gasteiger partial charge in [-0.05, 0) is 23.8 Å². The molecule has 0 unspecified atom stereocenters. The van der Waals surface area contributed by atoms with Crippen molar-refractivity contribution in [3.8, 4) is 22.6 Å². The van der Waals surface area contributed by atoms with E-state index in [1.54, 1.807) is 0 Å². The number of hydrogen-bond acceptors (Lipinski definition) is 3. The summed E-state index contributed by atoms with van der Waals surface area (Å²) in [7, 11) is 0. The molecule has 6 aromatic rings. The zero-order valence-electron chi connectivity index (χ0n) is 17.3. The standard InChI is InChI=1S/C28H19NO2/c1-28(2)25-17(21-14-20-16-8-3-5-12-22(16)30-24(20)15-29-21)10-7-11-19(25)27-26(28)18-9-4-6-13-23(18)31-27/h3-15H,1-2H3. The summed E-state index contributed by atoms with van der Waals surface area (Å²) in [6.07, 6.45) is 1.85. The Labute approximate surface area is 178 Å². The number of para-hydroxylation sites is 2. The fourth-order valence-electron chi connectivity index (χ4n) is 5.39. The minimum atomic E-state index is -0.192. The molecule has 3 nitrogen and oxygen atoms in total. The molecule has 0 saturated carbocycles. The Kier molecular flexibility index (Phi) is 3.07. The Hall–Kier alpha value is -3.85. The highest BCUT2D eigenvalue weighted by molar-refractivity contribution is 6.06. The molecule has 31 heavy (non-hydrogen) atoms. The first-order valence-electron chi connectivity index (χ1n) is 10.6. The van der Waals surface area contributed by atoms with Crippen molar-refractivity contribution >= 4 is 32.9 Å². The van der Waals surface area contributed by atoms with Crippen LogP contribution >= 0.6 is 0 Å². The summed E-state index contributed by atoms with van der Waals surface area (Å²) in [4.78, 5) is 4.80. The molecule has 0 N–H and O–H groups in total. The zero-order chi connectivity index (χ0) is 20.7. The van der Waals surface area contributed by atoms with Gasteiger partial charge in [0.05, 0.1) is 11.9 Å². The smallest absolute Gasteiger partial charge is 0.153 e. The van der Waals surface area contributed by atoms with Gasteiger partial charge in [-0.2, -0.15) is 0 Å². The zero-order valence-corrected chi connectivity index (χ0v) is 17.3. The number of aromatic nitrogens is 1. The van der Waals surface area contributed by atoms with Crippen LogP contribution in [0, 0.1) is 0 Å². The van der Waals surface area contributed by atoms with Crippen LogP contribution in [0.25, 0.3) is 55.5 Å². The quantitative estimate of drug-likeness (QED) is 0.283. The normalized spacial score (nSPS) is 14.4. The lowest BCUT2D eigenvalue weighted by Crippen LogP contribution is -2.16. The molecular formula is C28H19NO2. The maximum absolute atomic E-state index is 6.34. The van der Waals surface area contributed by atoms with Gasteiger partial charge >= 0.3 is 0 Å². The van der Waals surface area contributed by atoms with E-state index in [4.69, 9.17) is 13.8 Å². The molecule has 3 heterocycles. The maximum atomic E-state index is 6.34. The van der Waals surface area contributed by atoms with Gasteiger partial charge in [0.1, 0.15) is 16.9 Å². The summed E-state index contributed by atoms with van der Waals surface area (Å²) >= 11 is 0. The minimum Gasteiger partial charge on any atom is -0.456 e. The highest BCUT2D eigenvalue weighted by atomic mass is 16.3. The summed E-state index contributed by atoms with van der Waals surface area (Å²) in [5.74, 6) is 0.984. The van der Waals surface area contributed by atoms with Crippen LogP contribution in [0.4, 0.5) is 0 Å². The van der Waals surface area contributed by atoms with Crippen LogP contribution in [0.3, 0.4) is 0 Å². The number of benzene rings is 3. The second-order valence-corrected chi connectivity index (χ2v) is 8.82. The third-order valence-corrected chi connectivity index (χ3v) is 6.70. The monoisotopic (exact) mass is 401 g/mol. The van der Waals surface area contributed by atoms with Crippen molar-refractivity contribution in [1.29, 1.82) is 0 Å². The molecule has 1 aliphatic carbocycles. The third kappa shape index (κ3) is 2.10. The van der Waals surface area contributed by atoms with Crippen molar-refractivity contribution in [2.45, 2.75) is 19.3 Å². The number of nitrogens with zero attached hydrogens (tertiary/aromatic N) is 1. The number of rotatable bonds is 1. The van der Waals surface area contributed by atoms with Gasteiger partial charge in [-0.15, -0.1) is 0 Å². The maximum Gasteiger partial charge on any atom is 0.153 e. The van der Waals surface area contributed by atoms with Gasteiger partial charge in [0, 0.05) is 38.3 Å². The van der Waals surface area contributed by atoms with Crippen molar-refractivity contribution in [3.05, 3.63) is 90.1 Å². The SMILES string of the molecule is CC1(C)c2c(-c3cc4c(cn3)oc3ccccc34)cccc2-c2oc3ccccc3c21. The summed E-state index contributed by atoms with van der Waals surface area (Å²) in [6.45, 7) is 4.57. The molecule has 7 rings (SSSR count). The highest BCUT2D eigenvalue weighted by Gasteiger charge is 2.42. The predicted molar refractivity (Wildman–Crippen MR) is 124 cm³/mol. The Morgan fingerprint density at radius 3 is 2.19 bits per heavy atom. The lowest BCUT2D eigenvalue weighted by Gasteiger charge is -2.23. The molecule has 0 amide bonds. The molecule has 0 spiro atoms. The lowest BCUT2D eigenvalue weighted by molar-refractivity contribution is 0.619. The average Bonchev–Trinajstić information content (AvgIpc) is 3.42. The van der Waals surface area contributed by atoms with E-state index in [0.717, 1.165) is 50.1 Å². The number of hydrogen-bond donors (Lipinski definition) is 0. The Bertz CT molecular complexity index is 1670. The average molecular weight is 401 g/mol. The predicted octanol–water partition coefficient (Wildman–Crippen LogP) is 7.70. The number of fused-ring (bicyclic) bond motifs is 8. The largest absolute Gasteiger partial charge is 0.456 e. The van der Waals surface area contributed by atoms with Gasteiger partial charge in [-0.3, -0.25) is 4.98 Å². The molecular weight excluding hydrogens is 382 g/mol. The van der Waals surface area contributed by atoms with Crippen LogP contribution in [-0.4, -0.2) is 4.98 Å². The summed E-state index contributed by atoms with van der Waals surface area (Å²) in [6, 6.07) is 25.1. The van der Waals surface area contributed by atoms with E-state index in [1.807, 2.05) is 36.5 Å². The molecule has 0 saturated heterocycles. The fourth-order valence-corrected chi connectivity index (χ4v) is 5.39. The Morgan fingerprint density at radius 2 is 1.35 bits per heavy atom. The first kappa shape index (κ1) is 16.9. The van der Waals surface area contributed by atoms with Gasteiger partial charge in [0.2, 0.25) is 0 Å². The van der Waals surface area contributed by atoms with Crippen LogP contribution in [0.2, 0.25) is 0 Å². The summed E-state index contributed by atoms with van der Waals surface area (Å²) in [5.41, 5.74) is 8.25. The molecule has 0 atom stereocenters. The molecule has 3 aromatic heterocycles. The van der Waals surface area contributed by atoms with Gasteiger partial charge in [0.25, 0.3) is 0 Å². The van der Waals surface area contributed by atoms with Crippen molar-refractivity contribution in [2.24, 2.45) is 0 Å². The van der Waals surface area contributed by atoms with Crippen molar-refractivity contribution in [2.75, 3.05) is 0 Å². The van der Waals surface area contributed by atoms with Gasteiger partial charge in [0.15, 0.2) is 5.58 Å². The summed E-state index contributed by atoms with van der Waals surface area (Å²) < 4.78 is 12.3. The Balaban J connectivity index is 1.52. The van der Waals surface area contributed by atoms with Gasteiger partial charge in [-0.1, -0.05) is 68.4 Å². The molecule has 0 radical (unpaired) electrons. The molecule has 0 aliphatic heterocycles. The molecule has 3 heteroatoms. The first-order valence-corrected chi connectivity index (χ1v) is 10.6. The Morgan fingerprint density at radius 1 is 0.645 bits per heavy atom. The van der Waals surface area contributed by atoms with E-state index < -0.39 is 0 Å². The van der Waals surface area contributed by atoms with E-state index in [-0.39, 0.29) is 5.41 Å². The van der Waals surface area contributed by atoms with Crippen molar-refractivity contribution in [3.63, 3.8) is 0 Å². The summed E-state index contributed by atoms with van der Waals surface area (Å²) in [5, 5.41) is 3.40. The van der Waals surface area contributed by atoms with Crippen molar-refractivity contribution in [1.82, 2.24) is 4.98 Å². The number of pyridine rings is 1. The van der Waals surface area contributed by atoms with E-state index in [9.17, 15) is 0 Å². The number of furan rings is 2. The molecule has 0 fully saturated rings. The van der Waals surface area contributed by atoms with Crippen LogP contribution in [0.5, 0.6) is 0 Å². The van der Waals surface area contributed by atoms with Crippen LogP contribution in [-0.2, 0) is 5.41 Å². The van der Waals surface area contributed by atoms with E-state index in [0.29, 0.717) is 0 Å². The molecule has 3 aromatic carbocycles. The minimum absolute atomic E-state index is 0.192.